The highest BCUT2D eigenvalue weighted by Gasteiger charge is 2.31. The van der Waals surface area contributed by atoms with Crippen molar-refractivity contribution in [2.24, 2.45) is 15.3 Å². The highest BCUT2D eigenvalue weighted by molar-refractivity contribution is 9.12. The van der Waals surface area contributed by atoms with Crippen molar-refractivity contribution in [1.82, 2.24) is 0 Å². The van der Waals surface area contributed by atoms with Crippen LogP contribution in [0.5, 0.6) is 0 Å². The molecule has 0 bridgehead atoms. The van der Waals surface area contributed by atoms with E-state index in [-0.39, 0.29) is 22.4 Å². The third-order valence-electron chi connectivity index (χ3n) is 4.92. The first-order valence-electron chi connectivity index (χ1n) is 9.90. The minimum atomic E-state index is -4.01. The molecule has 0 spiro atoms. The van der Waals surface area contributed by atoms with Gasteiger partial charge in [-0.05, 0) is 69.3 Å². The van der Waals surface area contributed by atoms with Gasteiger partial charge >= 0.3 is 0 Å². The summed E-state index contributed by atoms with van der Waals surface area (Å²) in [4.78, 5) is 17.4. The zero-order chi connectivity index (χ0) is 23.6. The SMILES string of the molecule is CC1=C(Br)C(=NC(=NS(=O)(=O)c2ccc(C)cc2)c2ccccc2)C(C(C)C)=C(Br)C1=O. The van der Waals surface area contributed by atoms with Crippen LogP contribution in [-0.2, 0) is 14.8 Å². The number of hydrogen-bond donors (Lipinski definition) is 0. The Morgan fingerprint density at radius 1 is 0.906 bits per heavy atom. The number of amidine groups is 1. The maximum atomic E-state index is 13.1. The van der Waals surface area contributed by atoms with Crippen LogP contribution < -0.4 is 0 Å². The summed E-state index contributed by atoms with van der Waals surface area (Å²) in [6, 6.07) is 15.4. The predicted octanol–water partition coefficient (Wildman–Crippen LogP) is 6.13. The maximum absolute atomic E-state index is 13.1. The first kappa shape index (κ1) is 24.5. The Balaban J connectivity index is 2.28. The third kappa shape index (κ3) is 5.08. The van der Waals surface area contributed by atoms with Gasteiger partial charge < -0.3 is 0 Å². The molecule has 5 nitrogen and oxygen atoms in total. The molecule has 0 saturated carbocycles. The molecule has 3 rings (SSSR count). The van der Waals surface area contributed by atoms with Gasteiger partial charge in [-0.1, -0.05) is 61.9 Å². The summed E-state index contributed by atoms with van der Waals surface area (Å²) in [5, 5.41) is 0. The van der Waals surface area contributed by atoms with Gasteiger partial charge in [0.2, 0.25) is 0 Å². The standard InChI is InChI=1S/C24H22Br2N2O3S/c1-14(2)19-21(26)23(29)16(4)20(25)22(19)27-24(17-8-6-5-7-9-17)28-32(30,31)18-12-10-15(3)11-13-18/h5-14H,1-4H3. The normalized spacial score (nSPS) is 17.0. The highest BCUT2D eigenvalue weighted by Crippen LogP contribution is 2.36. The lowest BCUT2D eigenvalue weighted by Crippen LogP contribution is -2.23. The molecule has 0 radical (unpaired) electrons. The minimum Gasteiger partial charge on any atom is -0.288 e. The molecule has 8 heteroatoms. The summed E-state index contributed by atoms with van der Waals surface area (Å²) in [5.41, 5.74) is 3.14. The van der Waals surface area contributed by atoms with E-state index in [9.17, 15) is 13.2 Å². The van der Waals surface area contributed by atoms with Gasteiger partial charge in [0.15, 0.2) is 11.6 Å². The Kier molecular flexibility index (Phi) is 7.47. The predicted molar refractivity (Wildman–Crippen MR) is 136 cm³/mol. The van der Waals surface area contributed by atoms with Crippen LogP contribution in [0.1, 0.15) is 31.9 Å². The molecular formula is C24H22Br2N2O3S. The number of carbonyl (C=O) groups is 1. The fourth-order valence-electron chi connectivity index (χ4n) is 3.13. The molecule has 0 unspecified atom stereocenters. The Morgan fingerprint density at radius 3 is 2.06 bits per heavy atom. The highest BCUT2D eigenvalue weighted by atomic mass is 79.9. The molecule has 0 saturated heterocycles. The number of nitrogens with zero attached hydrogens (tertiary/aromatic N) is 2. The largest absolute Gasteiger partial charge is 0.288 e. The number of allylic oxidation sites excluding steroid dienone is 4. The molecule has 0 N–H and O–H groups in total. The number of sulfonamides is 1. The molecular weight excluding hydrogens is 556 g/mol. The van der Waals surface area contributed by atoms with Crippen LogP contribution in [0.2, 0.25) is 0 Å². The van der Waals surface area contributed by atoms with Crippen LogP contribution in [-0.4, -0.2) is 25.7 Å². The first-order valence-corrected chi connectivity index (χ1v) is 12.9. The first-order chi connectivity index (χ1) is 15.0. The Labute approximate surface area is 205 Å². The lowest BCUT2D eigenvalue weighted by Gasteiger charge is -2.22. The van der Waals surface area contributed by atoms with Crippen LogP contribution in [0.25, 0.3) is 0 Å². The van der Waals surface area contributed by atoms with Gasteiger partial charge in [-0.2, -0.15) is 8.42 Å². The van der Waals surface area contributed by atoms with E-state index in [1.807, 2.05) is 26.8 Å². The number of rotatable bonds is 4. The molecule has 2 aromatic rings. The van der Waals surface area contributed by atoms with E-state index in [2.05, 4.69) is 36.3 Å². The van der Waals surface area contributed by atoms with Crippen LogP contribution in [0, 0.1) is 12.8 Å². The van der Waals surface area contributed by atoms with E-state index in [4.69, 9.17) is 4.99 Å². The molecule has 1 aliphatic rings. The average Bonchev–Trinajstić information content (AvgIpc) is 2.76. The van der Waals surface area contributed by atoms with E-state index in [1.54, 1.807) is 43.3 Å². The van der Waals surface area contributed by atoms with Crippen molar-refractivity contribution < 1.29 is 13.2 Å². The van der Waals surface area contributed by atoms with Gasteiger partial charge in [0, 0.05) is 11.1 Å². The molecule has 166 valence electrons. The van der Waals surface area contributed by atoms with Gasteiger partial charge in [0.1, 0.15) is 0 Å². The van der Waals surface area contributed by atoms with E-state index in [0.717, 1.165) is 5.56 Å². The molecule has 32 heavy (non-hydrogen) atoms. The van der Waals surface area contributed by atoms with E-state index in [0.29, 0.717) is 31.4 Å². The van der Waals surface area contributed by atoms with Crippen molar-refractivity contribution in [1.29, 1.82) is 0 Å². The van der Waals surface area contributed by atoms with E-state index in [1.165, 1.54) is 12.1 Å². The lowest BCUT2D eigenvalue weighted by molar-refractivity contribution is -0.111. The van der Waals surface area contributed by atoms with Crippen LogP contribution in [0.4, 0.5) is 0 Å². The maximum Gasteiger partial charge on any atom is 0.284 e. The second-order valence-corrected chi connectivity index (χ2v) is 10.9. The molecule has 2 aromatic carbocycles. The number of carbonyl (C=O) groups excluding carboxylic acids is 1. The van der Waals surface area contributed by atoms with Crippen LogP contribution in [0.15, 0.2) is 89.0 Å². The number of hydrogen-bond acceptors (Lipinski definition) is 3. The molecule has 0 aliphatic heterocycles. The number of aliphatic imine (C=N–C) groups is 1. The summed E-state index contributed by atoms with van der Waals surface area (Å²) in [5.74, 6) is -0.137. The monoisotopic (exact) mass is 576 g/mol. The van der Waals surface area contributed by atoms with Crippen molar-refractivity contribution in [3.8, 4) is 0 Å². The number of benzene rings is 2. The summed E-state index contributed by atoms with van der Waals surface area (Å²) >= 11 is 6.92. The van der Waals surface area contributed by atoms with Crippen molar-refractivity contribution in [2.75, 3.05) is 0 Å². The van der Waals surface area contributed by atoms with E-state index >= 15 is 0 Å². The average molecular weight is 578 g/mol. The Bertz CT molecular complexity index is 1290. The second kappa shape index (κ2) is 9.77. The van der Waals surface area contributed by atoms with Crippen molar-refractivity contribution in [2.45, 2.75) is 32.6 Å². The molecule has 1 aliphatic carbocycles. The Morgan fingerprint density at radius 2 is 1.50 bits per heavy atom. The molecule has 0 aromatic heterocycles. The number of aryl methyl sites for hydroxylation is 1. The van der Waals surface area contributed by atoms with Crippen LogP contribution >= 0.6 is 31.9 Å². The van der Waals surface area contributed by atoms with Gasteiger partial charge in [-0.25, -0.2) is 4.99 Å². The Hall–Kier alpha value is -2.16. The van der Waals surface area contributed by atoms with Crippen molar-refractivity contribution in [3.63, 3.8) is 0 Å². The van der Waals surface area contributed by atoms with Gasteiger partial charge in [0.05, 0.1) is 19.6 Å². The molecule has 0 amide bonds. The quantitative estimate of drug-likeness (QED) is 0.249. The zero-order valence-corrected chi connectivity index (χ0v) is 22.0. The summed E-state index contributed by atoms with van der Waals surface area (Å²) in [6.45, 7) is 7.48. The third-order valence-corrected chi connectivity index (χ3v) is 7.96. The van der Waals surface area contributed by atoms with Crippen LogP contribution in [0.3, 0.4) is 0 Å². The van der Waals surface area contributed by atoms with Gasteiger partial charge in [0.25, 0.3) is 10.0 Å². The number of Topliss-reactive ketones (excluding diaryl/α,β-unsaturated/α-hetero) is 1. The van der Waals surface area contributed by atoms with Gasteiger partial charge in [-0.15, -0.1) is 4.40 Å². The van der Waals surface area contributed by atoms with E-state index < -0.39 is 10.0 Å². The summed E-state index contributed by atoms with van der Waals surface area (Å²) in [7, 11) is -4.01. The number of ketones is 1. The molecule has 0 atom stereocenters. The van der Waals surface area contributed by atoms with Crippen molar-refractivity contribution >= 4 is 59.2 Å². The molecule has 0 fully saturated rings. The number of halogens is 2. The zero-order valence-electron chi connectivity index (χ0n) is 18.1. The fourth-order valence-corrected chi connectivity index (χ4v) is 5.51. The topological polar surface area (TPSA) is 75.9 Å². The smallest absolute Gasteiger partial charge is 0.284 e. The molecule has 0 heterocycles. The lowest BCUT2D eigenvalue weighted by atomic mass is 9.90. The summed E-state index contributed by atoms with van der Waals surface area (Å²) < 4.78 is 31.2. The summed E-state index contributed by atoms with van der Waals surface area (Å²) in [6.07, 6.45) is 0. The second-order valence-electron chi connectivity index (χ2n) is 7.68. The van der Waals surface area contributed by atoms with Crippen molar-refractivity contribution in [3.05, 3.63) is 85.8 Å². The minimum absolute atomic E-state index is 0.0405. The van der Waals surface area contributed by atoms with Gasteiger partial charge in [-0.3, -0.25) is 4.79 Å². The fraction of sp³-hybridized carbons (Fsp3) is 0.208.